The van der Waals surface area contributed by atoms with Gasteiger partial charge in [-0.15, -0.1) is 0 Å². The smallest absolute Gasteiger partial charge is 0.310 e. The van der Waals surface area contributed by atoms with Crippen LogP contribution in [-0.4, -0.2) is 19.1 Å². The van der Waals surface area contributed by atoms with Crippen molar-refractivity contribution >= 4 is 5.97 Å². The van der Waals surface area contributed by atoms with E-state index in [1.54, 1.807) is 0 Å². The van der Waals surface area contributed by atoms with Gasteiger partial charge >= 0.3 is 5.97 Å². The molecule has 2 aromatic carbocycles. The fraction of sp³-hybridized carbons (Fsp3) is 0.235. The molecule has 0 aliphatic rings. The molecule has 1 N–H and O–H groups in total. The fourth-order valence-electron chi connectivity index (χ4n) is 1.88. The van der Waals surface area contributed by atoms with Crippen molar-refractivity contribution in [3.8, 4) is 0 Å². The van der Waals surface area contributed by atoms with Crippen LogP contribution < -0.4 is 5.32 Å². The molecule has 0 aliphatic heterocycles. The lowest BCUT2D eigenvalue weighted by Crippen LogP contribution is -2.21. The van der Waals surface area contributed by atoms with Crippen LogP contribution in [0.3, 0.4) is 0 Å². The summed E-state index contributed by atoms with van der Waals surface area (Å²) in [5, 5.41) is 3.24. The molecule has 0 aromatic heterocycles. The van der Waals surface area contributed by atoms with Gasteiger partial charge in [0.25, 0.3) is 0 Å². The summed E-state index contributed by atoms with van der Waals surface area (Å²) in [6, 6.07) is 19.8. The Hall–Kier alpha value is -2.13. The highest BCUT2D eigenvalue weighted by Crippen LogP contribution is 2.00. The zero-order valence-corrected chi connectivity index (χ0v) is 11.4. The Balaban J connectivity index is 1.58. The van der Waals surface area contributed by atoms with Crippen molar-refractivity contribution in [1.82, 2.24) is 5.32 Å². The van der Waals surface area contributed by atoms with Crippen LogP contribution in [0.5, 0.6) is 0 Å². The Morgan fingerprint density at radius 2 is 1.50 bits per heavy atom. The van der Waals surface area contributed by atoms with Crippen LogP contribution in [0.2, 0.25) is 0 Å². The number of benzene rings is 2. The van der Waals surface area contributed by atoms with E-state index in [0.29, 0.717) is 19.6 Å². The Kier molecular flexibility index (Phi) is 5.80. The lowest BCUT2D eigenvalue weighted by Gasteiger charge is -2.06. The van der Waals surface area contributed by atoms with E-state index in [9.17, 15) is 4.79 Å². The summed E-state index contributed by atoms with van der Waals surface area (Å²) >= 11 is 0. The van der Waals surface area contributed by atoms with Gasteiger partial charge in [0.1, 0.15) is 6.61 Å². The molecule has 0 atom stereocenters. The number of carbonyl (C=O) groups excluding carboxylic acids is 1. The second-order valence-corrected chi connectivity index (χ2v) is 4.55. The first-order valence-electron chi connectivity index (χ1n) is 6.79. The molecule has 2 rings (SSSR count). The van der Waals surface area contributed by atoms with Crippen LogP contribution in [-0.2, 0) is 22.5 Å². The molecule has 0 unspecified atom stereocenters. The van der Waals surface area contributed by atoms with E-state index in [1.165, 1.54) is 5.56 Å². The van der Waals surface area contributed by atoms with E-state index in [1.807, 2.05) is 48.5 Å². The topological polar surface area (TPSA) is 38.3 Å². The number of nitrogens with one attached hydrogen (secondary N) is 1. The molecule has 20 heavy (non-hydrogen) atoms. The minimum atomic E-state index is -0.183. The molecule has 0 heterocycles. The van der Waals surface area contributed by atoms with E-state index >= 15 is 0 Å². The lowest BCUT2D eigenvalue weighted by molar-refractivity contribution is -0.142. The van der Waals surface area contributed by atoms with Gasteiger partial charge in [-0.3, -0.25) is 4.79 Å². The number of rotatable bonds is 7. The Morgan fingerprint density at radius 1 is 0.900 bits per heavy atom. The van der Waals surface area contributed by atoms with Crippen molar-refractivity contribution in [3.63, 3.8) is 0 Å². The number of ether oxygens (including phenoxy) is 1. The highest BCUT2D eigenvalue weighted by Gasteiger charge is 2.03. The van der Waals surface area contributed by atoms with E-state index in [0.717, 1.165) is 12.1 Å². The Labute approximate surface area is 119 Å². The second kappa shape index (κ2) is 8.12. The predicted octanol–water partition coefficient (Wildman–Crippen LogP) is 2.56. The van der Waals surface area contributed by atoms with Gasteiger partial charge in [-0.1, -0.05) is 60.7 Å². The van der Waals surface area contributed by atoms with Gasteiger partial charge < -0.3 is 10.1 Å². The minimum Gasteiger partial charge on any atom is -0.464 e. The molecule has 0 saturated carbocycles. The zero-order valence-electron chi connectivity index (χ0n) is 11.4. The predicted molar refractivity (Wildman–Crippen MR) is 79.3 cm³/mol. The summed E-state index contributed by atoms with van der Waals surface area (Å²) in [7, 11) is 0. The van der Waals surface area contributed by atoms with Gasteiger partial charge in [-0.05, 0) is 11.1 Å². The van der Waals surface area contributed by atoms with Gasteiger partial charge in [-0.2, -0.15) is 0 Å². The maximum Gasteiger partial charge on any atom is 0.310 e. The van der Waals surface area contributed by atoms with Gasteiger partial charge in [0.15, 0.2) is 0 Å². The van der Waals surface area contributed by atoms with Gasteiger partial charge in [0, 0.05) is 13.1 Å². The SMILES string of the molecule is O=C(Cc1ccccc1)OCCNCc1ccccc1. The van der Waals surface area contributed by atoms with Gasteiger partial charge in [-0.25, -0.2) is 0 Å². The summed E-state index contributed by atoms with van der Waals surface area (Å²) in [5.41, 5.74) is 2.21. The van der Waals surface area contributed by atoms with Crippen molar-refractivity contribution in [2.75, 3.05) is 13.2 Å². The van der Waals surface area contributed by atoms with E-state index in [-0.39, 0.29) is 5.97 Å². The largest absolute Gasteiger partial charge is 0.464 e. The van der Waals surface area contributed by atoms with Crippen LogP contribution in [0.15, 0.2) is 60.7 Å². The van der Waals surface area contributed by atoms with E-state index in [2.05, 4.69) is 17.4 Å². The summed E-state index contributed by atoms with van der Waals surface area (Å²) in [4.78, 5) is 11.6. The average molecular weight is 269 g/mol. The molecule has 0 fully saturated rings. The molecule has 2 aromatic rings. The van der Waals surface area contributed by atoms with Crippen molar-refractivity contribution in [2.24, 2.45) is 0 Å². The summed E-state index contributed by atoms with van der Waals surface area (Å²) in [5.74, 6) is -0.183. The van der Waals surface area contributed by atoms with Crippen LogP contribution in [0.4, 0.5) is 0 Å². The second-order valence-electron chi connectivity index (χ2n) is 4.55. The molecule has 0 amide bonds. The normalized spacial score (nSPS) is 10.2. The van der Waals surface area contributed by atoms with E-state index in [4.69, 9.17) is 4.74 Å². The monoisotopic (exact) mass is 269 g/mol. The summed E-state index contributed by atoms with van der Waals surface area (Å²) < 4.78 is 5.18. The molecule has 0 radical (unpaired) electrons. The molecule has 0 bridgehead atoms. The van der Waals surface area contributed by atoms with Crippen molar-refractivity contribution < 1.29 is 9.53 Å². The maximum atomic E-state index is 11.6. The zero-order chi connectivity index (χ0) is 14.0. The molecule has 3 heteroatoms. The van der Waals surface area contributed by atoms with Crippen LogP contribution in [0.25, 0.3) is 0 Å². The quantitative estimate of drug-likeness (QED) is 0.620. The van der Waals surface area contributed by atoms with E-state index < -0.39 is 0 Å². The number of hydrogen-bond acceptors (Lipinski definition) is 3. The van der Waals surface area contributed by atoms with Crippen LogP contribution in [0, 0.1) is 0 Å². The number of esters is 1. The lowest BCUT2D eigenvalue weighted by atomic mass is 10.2. The van der Waals surface area contributed by atoms with Crippen molar-refractivity contribution in [3.05, 3.63) is 71.8 Å². The third kappa shape index (κ3) is 5.24. The highest BCUT2D eigenvalue weighted by atomic mass is 16.5. The molecule has 3 nitrogen and oxygen atoms in total. The molecular formula is C17H19NO2. The summed E-state index contributed by atoms with van der Waals surface area (Å²) in [6.07, 6.45) is 0.333. The third-order valence-corrected chi connectivity index (χ3v) is 2.91. The molecule has 0 aliphatic carbocycles. The Morgan fingerprint density at radius 3 is 2.15 bits per heavy atom. The first kappa shape index (κ1) is 14.3. The Bertz CT molecular complexity index is 511. The standard InChI is InChI=1S/C17H19NO2/c19-17(13-15-7-3-1-4-8-15)20-12-11-18-14-16-9-5-2-6-10-16/h1-10,18H,11-14H2. The third-order valence-electron chi connectivity index (χ3n) is 2.91. The van der Waals surface area contributed by atoms with Crippen LogP contribution in [0.1, 0.15) is 11.1 Å². The van der Waals surface area contributed by atoms with Crippen molar-refractivity contribution in [2.45, 2.75) is 13.0 Å². The maximum absolute atomic E-state index is 11.6. The minimum absolute atomic E-state index is 0.183. The molecule has 0 spiro atoms. The molecular weight excluding hydrogens is 250 g/mol. The fourth-order valence-corrected chi connectivity index (χ4v) is 1.88. The van der Waals surface area contributed by atoms with Gasteiger partial charge in [0.05, 0.1) is 6.42 Å². The van der Waals surface area contributed by atoms with Crippen molar-refractivity contribution in [1.29, 1.82) is 0 Å². The van der Waals surface area contributed by atoms with Crippen LogP contribution >= 0.6 is 0 Å². The molecule has 104 valence electrons. The average Bonchev–Trinajstić information content (AvgIpc) is 2.49. The number of hydrogen-bond donors (Lipinski definition) is 1. The van der Waals surface area contributed by atoms with Gasteiger partial charge in [0.2, 0.25) is 0 Å². The first-order chi connectivity index (χ1) is 9.84. The highest BCUT2D eigenvalue weighted by molar-refractivity contribution is 5.72. The first-order valence-corrected chi connectivity index (χ1v) is 6.79. The summed E-state index contributed by atoms with van der Waals surface area (Å²) in [6.45, 7) is 1.85. The number of carbonyl (C=O) groups is 1. The molecule has 0 saturated heterocycles.